The minimum atomic E-state index is 0. The molecular formula is C16H22ClN3O2. The van der Waals surface area contributed by atoms with E-state index in [1.807, 2.05) is 23.1 Å². The molecule has 1 saturated heterocycles. The molecule has 2 aliphatic rings. The van der Waals surface area contributed by atoms with Gasteiger partial charge in [0.05, 0.1) is 0 Å². The average Bonchev–Trinajstić information content (AvgIpc) is 3.11. The van der Waals surface area contributed by atoms with E-state index >= 15 is 0 Å². The molecule has 2 N–H and O–H groups in total. The van der Waals surface area contributed by atoms with Crippen LogP contribution in [0, 0.1) is 0 Å². The molecule has 120 valence electrons. The lowest BCUT2D eigenvalue weighted by molar-refractivity contribution is -0.116. The van der Waals surface area contributed by atoms with Crippen molar-refractivity contribution >= 4 is 29.9 Å². The Bertz CT molecular complexity index is 591. The molecule has 0 spiro atoms. The van der Waals surface area contributed by atoms with Gasteiger partial charge in [0.1, 0.15) is 0 Å². The lowest BCUT2D eigenvalue weighted by Gasteiger charge is -2.24. The molecule has 2 aliphatic heterocycles. The molecule has 1 atom stereocenters. The molecule has 0 bridgehead atoms. The summed E-state index contributed by atoms with van der Waals surface area (Å²) in [7, 11) is 0. The first-order valence-corrected chi connectivity index (χ1v) is 7.54. The van der Waals surface area contributed by atoms with Gasteiger partial charge in [-0.1, -0.05) is 0 Å². The van der Waals surface area contributed by atoms with Gasteiger partial charge in [-0.3, -0.25) is 9.59 Å². The van der Waals surface area contributed by atoms with Crippen LogP contribution in [0.1, 0.15) is 35.7 Å². The third-order valence-corrected chi connectivity index (χ3v) is 4.51. The van der Waals surface area contributed by atoms with E-state index in [2.05, 4.69) is 0 Å². The maximum Gasteiger partial charge on any atom is 0.254 e. The maximum absolute atomic E-state index is 12.6. The third kappa shape index (κ3) is 2.83. The number of hydrogen-bond acceptors (Lipinski definition) is 3. The van der Waals surface area contributed by atoms with Crippen LogP contribution in [0.25, 0.3) is 0 Å². The number of carbonyl (C=O) groups excluding carboxylic acids is 2. The molecule has 1 aromatic carbocycles. The fourth-order valence-electron chi connectivity index (χ4n) is 3.38. The predicted octanol–water partition coefficient (Wildman–Crippen LogP) is 1.58. The van der Waals surface area contributed by atoms with Crippen molar-refractivity contribution in [2.75, 3.05) is 24.5 Å². The second-order valence-corrected chi connectivity index (χ2v) is 5.79. The topological polar surface area (TPSA) is 66.6 Å². The van der Waals surface area contributed by atoms with Gasteiger partial charge in [-0.05, 0) is 43.0 Å². The van der Waals surface area contributed by atoms with E-state index in [1.165, 1.54) is 0 Å². The van der Waals surface area contributed by atoms with Gasteiger partial charge in [0, 0.05) is 43.9 Å². The first-order chi connectivity index (χ1) is 10.1. The summed E-state index contributed by atoms with van der Waals surface area (Å²) >= 11 is 0. The molecule has 6 heteroatoms. The fraction of sp³-hybridized carbons (Fsp3) is 0.500. The van der Waals surface area contributed by atoms with Crippen molar-refractivity contribution in [3.63, 3.8) is 0 Å². The number of rotatable bonds is 2. The molecule has 1 fully saturated rings. The monoisotopic (exact) mass is 323 g/mol. The Morgan fingerprint density at radius 1 is 1.32 bits per heavy atom. The van der Waals surface area contributed by atoms with Crippen LogP contribution < -0.4 is 10.6 Å². The van der Waals surface area contributed by atoms with Crippen LogP contribution >= 0.6 is 12.4 Å². The summed E-state index contributed by atoms with van der Waals surface area (Å²) in [5.74, 6) is 0.114. The lowest BCUT2D eigenvalue weighted by Crippen LogP contribution is -2.39. The number of anilines is 1. The average molecular weight is 324 g/mol. The summed E-state index contributed by atoms with van der Waals surface area (Å²) in [6, 6.07) is 5.82. The van der Waals surface area contributed by atoms with Crippen molar-refractivity contribution in [3.8, 4) is 0 Å². The molecule has 1 unspecified atom stereocenters. The van der Waals surface area contributed by atoms with E-state index in [0.717, 1.165) is 37.1 Å². The van der Waals surface area contributed by atoms with Crippen LogP contribution in [-0.4, -0.2) is 42.4 Å². The number of carbonyl (C=O) groups is 2. The predicted molar refractivity (Wildman–Crippen MR) is 88.5 cm³/mol. The maximum atomic E-state index is 12.6. The van der Waals surface area contributed by atoms with E-state index in [9.17, 15) is 9.59 Å². The Labute approximate surface area is 136 Å². The molecule has 22 heavy (non-hydrogen) atoms. The molecule has 2 amide bonds. The molecule has 3 rings (SSSR count). The number of nitrogens with zero attached hydrogens (tertiary/aromatic N) is 2. The number of amides is 2. The second-order valence-electron chi connectivity index (χ2n) is 5.79. The van der Waals surface area contributed by atoms with Crippen molar-refractivity contribution in [3.05, 3.63) is 29.3 Å². The number of nitrogens with two attached hydrogens (primary N) is 1. The number of benzene rings is 1. The number of halogens is 1. The van der Waals surface area contributed by atoms with Gasteiger partial charge in [0.25, 0.3) is 5.91 Å². The Hall–Kier alpha value is -1.59. The van der Waals surface area contributed by atoms with Gasteiger partial charge in [-0.25, -0.2) is 0 Å². The van der Waals surface area contributed by atoms with Crippen molar-refractivity contribution in [2.24, 2.45) is 5.73 Å². The number of likely N-dealkylation sites (tertiary alicyclic amines) is 1. The fourth-order valence-corrected chi connectivity index (χ4v) is 3.38. The van der Waals surface area contributed by atoms with Crippen molar-refractivity contribution < 1.29 is 9.59 Å². The Morgan fingerprint density at radius 3 is 2.77 bits per heavy atom. The standard InChI is InChI=1S/C16H21N3O2.ClH/c1-11(20)18-8-6-12-9-13(4-5-15(12)18)16(21)19-7-2-3-14(19)10-17;/h4-5,9,14H,2-3,6-8,10,17H2,1H3;1H. The zero-order chi connectivity index (χ0) is 15.0. The third-order valence-electron chi connectivity index (χ3n) is 4.51. The summed E-state index contributed by atoms with van der Waals surface area (Å²) in [5, 5.41) is 0. The van der Waals surface area contributed by atoms with Gasteiger partial charge >= 0.3 is 0 Å². The quantitative estimate of drug-likeness (QED) is 0.898. The molecular weight excluding hydrogens is 302 g/mol. The number of fused-ring (bicyclic) bond motifs is 1. The molecule has 2 heterocycles. The first kappa shape index (κ1) is 16.8. The van der Waals surface area contributed by atoms with E-state index in [1.54, 1.807) is 11.8 Å². The minimum Gasteiger partial charge on any atom is -0.334 e. The Morgan fingerprint density at radius 2 is 2.09 bits per heavy atom. The van der Waals surface area contributed by atoms with Gasteiger partial charge in [0.15, 0.2) is 0 Å². The van der Waals surface area contributed by atoms with Gasteiger partial charge in [0.2, 0.25) is 5.91 Å². The normalized spacial score (nSPS) is 19.8. The van der Waals surface area contributed by atoms with Crippen LogP contribution in [0.4, 0.5) is 5.69 Å². The van der Waals surface area contributed by atoms with E-state index in [4.69, 9.17) is 5.73 Å². The highest BCUT2D eigenvalue weighted by atomic mass is 35.5. The van der Waals surface area contributed by atoms with E-state index in [0.29, 0.717) is 18.7 Å². The largest absolute Gasteiger partial charge is 0.334 e. The zero-order valence-electron chi connectivity index (χ0n) is 12.7. The first-order valence-electron chi connectivity index (χ1n) is 7.54. The summed E-state index contributed by atoms with van der Waals surface area (Å²) in [6.45, 7) is 3.59. The Balaban J connectivity index is 0.00000176. The van der Waals surface area contributed by atoms with Crippen LogP contribution in [0.3, 0.4) is 0 Å². The lowest BCUT2D eigenvalue weighted by atomic mass is 10.1. The van der Waals surface area contributed by atoms with Gasteiger partial charge in [-0.15, -0.1) is 12.4 Å². The second kappa shape index (κ2) is 6.67. The Kier molecular flexibility index (Phi) is 5.08. The highest BCUT2D eigenvalue weighted by Gasteiger charge is 2.29. The summed E-state index contributed by atoms with van der Waals surface area (Å²) in [5.41, 5.74) is 8.48. The molecule has 0 radical (unpaired) electrons. The molecule has 0 aliphatic carbocycles. The molecule has 5 nitrogen and oxygen atoms in total. The minimum absolute atomic E-state index is 0. The van der Waals surface area contributed by atoms with Gasteiger partial charge in [-0.2, -0.15) is 0 Å². The SMILES string of the molecule is CC(=O)N1CCc2cc(C(=O)N3CCCC3CN)ccc21.Cl. The summed E-state index contributed by atoms with van der Waals surface area (Å²) in [6.07, 6.45) is 2.83. The highest BCUT2D eigenvalue weighted by Crippen LogP contribution is 2.30. The number of hydrogen-bond donors (Lipinski definition) is 1. The van der Waals surface area contributed by atoms with Crippen LogP contribution in [-0.2, 0) is 11.2 Å². The van der Waals surface area contributed by atoms with Crippen LogP contribution in [0.5, 0.6) is 0 Å². The smallest absolute Gasteiger partial charge is 0.254 e. The van der Waals surface area contributed by atoms with Crippen molar-refractivity contribution in [1.82, 2.24) is 4.90 Å². The molecule has 0 aromatic heterocycles. The van der Waals surface area contributed by atoms with E-state index in [-0.39, 0.29) is 30.3 Å². The molecule has 0 saturated carbocycles. The van der Waals surface area contributed by atoms with Crippen LogP contribution in [0.15, 0.2) is 18.2 Å². The van der Waals surface area contributed by atoms with Crippen LogP contribution in [0.2, 0.25) is 0 Å². The summed E-state index contributed by atoms with van der Waals surface area (Å²) < 4.78 is 0. The molecule has 1 aromatic rings. The van der Waals surface area contributed by atoms with Gasteiger partial charge < -0.3 is 15.5 Å². The highest BCUT2D eigenvalue weighted by molar-refractivity contribution is 5.98. The van der Waals surface area contributed by atoms with Crippen molar-refractivity contribution in [1.29, 1.82) is 0 Å². The summed E-state index contributed by atoms with van der Waals surface area (Å²) in [4.78, 5) is 27.8. The van der Waals surface area contributed by atoms with E-state index < -0.39 is 0 Å². The van der Waals surface area contributed by atoms with Crippen molar-refractivity contribution in [2.45, 2.75) is 32.2 Å². The zero-order valence-corrected chi connectivity index (χ0v) is 13.6.